The molecule has 0 aliphatic rings. The maximum absolute atomic E-state index is 5.57. The van der Waals surface area contributed by atoms with Crippen LogP contribution >= 0.6 is 10.9 Å². The van der Waals surface area contributed by atoms with Crippen LogP contribution in [0.4, 0.5) is 0 Å². The molecule has 0 bridgehead atoms. The van der Waals surface area contributed by atoms with Gasteiger partial charge in [-0.05, 0) is 12.8 Å². The van der Waals surface area contributed by atoms with Crippen molar-refractivity contribution in [2.45, 2.75) is 39.5 Å². The molecule has 2 nitrogen and oxygen atoms in total. The van der Waals surface area contributed by atoms with Gasteiger partial charge in [0.05, 0.1) is 0 Å². The van der Waals surface area contributed by atoms with Crippen LogP contribution in [0, 0.1) is 0 Å². The fourth-order valence-electron chi connectivity index (χ4n) is 0.990. The SMILES string of the molecule is CCCCOP(=S)([S-])CP(=S)([S-])OCCCC.[Na+].[Na+]. The molecule has 0 saturated carbocycles. The van der Waals surface area contributed by atoms with E-state index in [9.17, 15) is 0 Å². The molecule has 0 aromatic rings. The summed E-state index contributed by atoms with van der Waals surface area (Å²) in [4.78, 5) is 0. The Hall–Kier alpha value is 3.92. The molecule has 0 fully saturated rings. The van der Waals surface area contributed by atoms with Gasteiger partial charge in [-0.25, -0.2) is 0 Å². The van der Waals surface area contributed by atoms with E-state index in [1.165, 1.54) is 0 Å². The van der Waals surface area contributed by atoms with Crippen LogP contribution in [0.5, 0.6) is 0 Å². The van der Waals surface area contributed by atoms with Crippen molar-refractivity contribution >= 4 is 59.0 Å². The minimum absolute atomic E-state index is 0. The standard InChI is InChI=1S/C9H22O2P2S4.2Na/c1-3-5-7-10-12(14,15)9-13(16,17)11-8-6-4-2;;/h3-9H2,1-2H3,(H,14,15)(H,16,17);;/q;2*+1/p-2. The second kappa shape index (κ2) is 15.4. The number of unbranched alkanes of at least 4 members (excludes halogenated alkanes) is 2. The molecule has 2 atom stereocenters. The summed E-state index contributed by atoms with van der Waals surface area (Å²) < 4.78 is 11.1. The van der Waals surface area contributed by atoms with Crippen LogP contribution in [-0.2, 0) is 57.2 Å². The van der Waals surface area contributed by atoms with E-state index in [1.807, 2.05) is 0 Å². The average molecular weight is 396 g/mol. The maximum Gasteiger partial charge on any atom is 1.00 e. The summed E-state index contributed by atoms with van der Waals surface area (Å²) in [6, 6.07) is 0. The van der Waals surface area contributed by atoms with Crippen molar-refractivity contribution in [2.24, 2.45) is 0 Å². The molecule has 0 saturated heterocycles. The minimum atomic E-state index is -2.26. The van der Waals surface area contributed by atoms with Gasteiger partial charge < -0.3 is 33.5 Å². The van der Waals surface area contributed by atoms with Crippen LogP contribution in [-0.4, -0.2) is 19.1 Å². The molecule has 0 aliphatic heterocycles. The molecule has 0 aromatic heterocycles. The van der Waals surface area contributed by atoms with Crippen LogP contribution in [0.25, 0.3) is 0 Å². The Labute approximate surface area is 183 Å². The second-order valence-electron chi connectivity index (χ2n) is 3.74. The van der Waals surface area contributed by atoms with Gasteiger partial charge in [-0.3, -0.25) is 0 Å². The quantitative estimate of drug-likeness (QED) is 0.188. The number of hydrogen-bond acceptors (Lipinski definition) is 6. The zero-order valence-corrected chi connectivity index (χ0v) is 21.3. The first kappa shape index (κ1) is 27.8. The average Bonchev–Trinajstić information content (AvgIpc) is 2.16. The molecule has 0 rings (SSSR count). The van der Waals surface area contributed by atoms with Crippen molar-refractivity contribution < 1.29 is 68.2 Å². The predicted octanol–water partition coefficient (Wildman–Crippen LogP) is -1.70. The minimum Gasteiger partial charge on any atom is -0.719 e. The van der Waals surface area contributed by atoms with Crippen molar-refractivity contribution in [1.82, 2.24) is 0 Å². The molecule has 10 heteroatoms. The van der Waals surface area contributed by atoms with E-state index in [4.69, 9.17) is 57.2 Å². The number of rotatable bonds is 10. The molecule has 104 valence electrons. The van der Waals surface area contributed by atoms with Crippen molar-refractivity contribution in [1.29, 1.82) is 0 Å². The van der Waals surface area contributed by atoms with Crippen LogP contribution in [0.15, 0.2) is 0 Å². The topological polar surface area (TPSA) is 18.5 Å². The van der Waals surface area contributed by atoms with Gasteiger partial charge in [0.15, 0.2) is 0 Å². The first-order valence-corrected chi connectivity index (χ1v) is 13.6. The van der Waals surface area contributed by atoms with Gasteiger partial charge in [0.2, 0.25) is 0 Å². The molecule has 0 aliphatic carbocycles. The van der Waals surface area contributed by atoms with Gasteiger partial charge in [0.1, 0.15) is 0 Å². The van der Waals surface area contributed by atoms with Crippen LogP contribution in [0.3, 0.4) is 0 Å². The third kappa shape index (κ3) is 18.1. The van der Waals surface area contributed by atoms with Gasteiger partial charge in [0.25, 0.3) is 0 Å². The first-order valence-electron chi connectivity index (χ1n) is 5.72. The Morgan fingerprint density at radius 1 is 0.842 bits per heavy atom. The van der Waals surface area contributed by atoms with E-state index in [0.717, 1.165) is 25.7 Å². The summed E-state index contributed by atoms with van der Waals surface area (Å²) in [7, 11) is 0. The third-order valence-electron chi connectivity index (χ3n) is 1.92. The van der Waals surface area contributed by atoms with Crippen molar-refractivity contribution in [3.8, 4) is 0 Å². The van der Waals surface area contributed by atoms with Crippen molar-refractivity contribution in [3.05, 3.63) is 0 Å². The van der Waals surface area contributed by atoms with Crippen LogP contribution < -0.4 is 59.1 Å². The van der Waals surface area contributed by atoms with E-state index in [-0.39, 0.29) is 59.1 Å². The number of hydrogen-bond donors (Lipinski definition) is 0. The van der Waals surface area contributed by atoms with Gasteiger partial charge >= 0.3 is 59.1 Å². The largest absolute Gasteiger partial charge is 1.00 e. The van der Waals surface area contributed by atoms with E-state index < -0.39 is 10.9 Å². The van der Waals surface area contributed by atoms with Crippen molar-refractivity contribution in [3.63, 3.8) is 0 Å². The summed E-state index contributed by atoms with van der Waals surface area (Å²) in [6.45, 7) is 5.44. The third-order valence-corrected chi connectivity index (χ3v) is 11.3. The summed E-state index contributed by atoms with van der Waals surface area (Å²) in [6.07, 6.45) is 4.09. The monoisotopic (exact) mass is 396 g/mol. The van der Waals surface area contributed by atoms with Crippen LogP contribution in [0.1, 0.15) is 39.5 Å². The Kier molecular flexibility index (Phi) is 22.6. The Morgan fingerprint density at radius 3 is 1.42 bits per heavy atom. The fourth-order valence-corrected chi connectivity index (χ4v) is 13.5. The summed E-state index contributed by atoms with van der Waals surface area (Å²) in [5.74, 6) is 0.419. The summed E-state index contributed by atoms with van der Waals surface area (Å²) in [5, 5.41) is 0. The summed E-state index contributed by atoms with van der Waals surface area (Å²) >= 11 is 21.2. The smallest absolute Gasteiger partial charge is 0.719 e. The first-order chi connectivity index (χ1) is 7.83. The van der Waals surface area contributed by atoms with Crippen molar-refractivity contribution in [2.75, 3.05) is 19.1 Å². The molecule has 0 radical (unpaired) electrons. The summed E-state index contributed by atoms with van der Waals surface area (Å²) in [5.41, 5.74) is -4.52. The normalized spacial score (nSPS) is 16.6. The Bertz CT molecular complexity index is 280. The van der Waals surface area contributed by atoms with Gasteiger partial charge in [0, 0.05) is 19.1 Å². The molecule has 2 unspecified atom stereocenters. The van der Waals surface area contributed by atoms with E-state index >= 15 is 0 Å². The molecule has 0 N–H and O–H groups in total. The molecule has 0 spiro atoms. The van der Waals surface area contributed by atoms with Gasteiger partial charge in [-0.1, -0.05) is 61.2 Å². The maximum atomic E-state index is 5.57. The van der Waals surface area contributed by atoms with Gasteiger partial charge in [-0.2, -0.15) is 0 Å². The molecular weight excluding hydrogens is 376 g/mol. The Balaban J connectivity index is -0.00000128. The zero-order valence-electron chi connectivity index (χ0n) is 12.3. The van der Waals surface area contributed by atoms with E-state index in [0.29, 0.717) is 19.1 Å². The fraction of sp³-hybridized carbons (Fsp3) is 1.00. The zero-order chi connectivity index (χ0) is 13.4. The molecule has 0 amide bonds. The molecular formula is C9H20Na2O2P2S4. The van der Waals surface area contributed by atoms with Gasteiger partial charge in [-0.15, -0.1) is 0 Å². The Morgan fingerprint density at radius 2 is 1.16 bits per heavy atom. The molecule has 0 heterocycles. The molecule has 19 heavy (non-hydrogen) atoms. The van der Waals surface area contributed by atoms with E-state index in [2.05, 4.69) is 13.8 Å². The predicted molar refractivity (Wildman–Crippen MR) is 89.9 cm³/mol. The van der Waals surface area contributed by atoms with Crippen LogP contribution in [0.2, 0.25) is 0 Å². The van der Waals surface area contributed by atoms with E-state index in [1.54, 1.807) is 0 Å². The molecule has 0 aromatic carbocycles. The second-order valence-corrected chi connectivity index (χ2v) is 16.3.